The van der Waals surface area contributed by atoms with Crippen molar-refractivity contribution >= 4 is 27.9 Å². The third kappa shape index (κ3) is 6.37. The Balaban J connectivity index is 2.56. The van der Waals surface area contributed by atoms with Gasteiger partial charge in [0.1, 0.15) is 0 Å². The predicted molar refractivity (Wildman–Crippen MR) is 36.3 cm³/mol. The second kappa shape index (κ2) is 6.37. The third-order valence-corrected chi connectivity index (χ3v) is 2.22. The Kier molecular flexibility index (Phi) is 6.71. The van der Waals surface area contributed by atoms with Crippen LogP contribution in [-0.2, 0) is 4.79 Å². The van der Waals surface area contributed by atoms with E-state index in [9.17, 15) is 4.79 Å². The van der Waals surface area contributed by atoms with Gasteiger partial charge in [-0.1, -0.05) is 21.6 Å². The van der Waals surface area contributed by atoms with Crippen molar-refractivity contribution in [2.45, 2.75) is 6.42 Å². The average molecular weight is 135 g/mol. The lowest BCUT2D eigenvalue weighted by Gasteiger charge is -1.85. The normalized spacial score (nSPS) is 8.71. The van der Waals surface area contributed by atoms with Crippen LogP contribution in [0.1, 0.15) is 6.42 Å². The van der Waals surface area contributed by atoms with Gasteiger partial charge in [0, 0.05) is 12.2 Å². The highest BCUT2D eigenvalue weighted by Gasteiger charge is 1.81. The first-order valence-electron chi connectivity index (χ1n) is 1.92. The lowest BCUT2D eigenvalue weighted by atomic mass is 10.6. The molecule has 0 atom stereocenters. The summed E-state index contributed by atoms with van der Waals surface area (Å²) < 4.78 is 0. The van der Waals surface area contributed by atoms with Gasteiger partial charge in [0.25, 0.3) is 0 Å². The molecule has 1 radical (unpaired) electrons. The monoisotopic (exact) mass is 135 g/mol. The average Bonchev–Trinajstić information content (AvgIpc) is 1.69. The van der Waals surface area contributed by atoms with Crippen molar-refractivity contribution in [3.05, 3.63) is 0 Å². The van der Waals surface area contributed by atoms with E-state index in [0.717, 1.165) is 5.75 Å². The topological polar surface area (TPSA) is 17.1 Å². The molecule has 7 heavy (non-hydrogen) atoms. The molecule has 0 saturated heterocycles. The van der Waals surface area contributed by atoms with E-state index in [4.69, 9.17) is 0 Å². The van der Waals surface area contributed by atoms with Crippen molar-refractivity contribution in [2.75, 3.05) is 12.0 Å². The second-order valence-electron chi connectivity index (χ2n) is 0.883. The van der Waals surface area contributed by atoms with E-state index in [1.807, 2.05) is 12.5 Å². The third-order valence-electron chi connectivity index (χ3n) is 0.405. The SMILES string of the molecule is CSSCC[C]=O. The van der Waals surface area contributed by atoms with Crippen molar-refractivity contribution < 1.29 is 4.79 Å². The minimum atomic E-state index is 0.561. The number of rotatable bonds is 4. The Morgan fingerprint density at radius 1 is 1.71 bits per heavy atom. The fraction of sp³-hybridized carbons (Fsp3) is 0.750. The van der Waals surface area contributed by atoms with E-state index >= 15 is 0 Å². The first-order chi connectivity index (χ1) is 3.41. The maximum atomic E-state index is 9.53. The molecule has 41 valence electrons. The lowest BCUT2D eigenvalue weighted by molar-refractivity contribution is 0.554. The summed E-state index contributed by atoms with van der Waals surface area (Å²) in [6, 6.07) is 0. The van der Waals surface area contributed by atoms with Gasteiger partial charge in [-0.2, -0.15) is 0 Å². The lowest BCUT2D eigenvalue weighted by Crippen LogP contribution is -1.74. The van der Waals surface area contributed by atoms with Crippen LogP contribution in [0.2, 0.25) is 0 Å². The Bertz CT molecular complexity index is 47.0. The molecule has 0 heterocycles. The molecule has 0 aliphatic heterocycles. The zero-order valence-corrected chi connectivity index (χ0v) is 5.77. The molecule has 0 N–H and O–H groups in total. The molecular formula is C4H7OS2. The quantitative estimate of drug-likeness (QED) is 0.429. The molecule has 0 amide bonds. The molecule has 0 aliphatic carbocycles. The predicted octanol–water partition coefficient (Wildman–Crippen LogP) is 1.50. The summed E-state index contributed by atoms with van der Waals surface area (Å²) in [5.41, 5.74) is 0. The molecule has 0 aliphatic rings. The van der Waals surface area contributed by atoms with Crippen LogP contribution in [0.3, 0.4) is 0 Å². The van der Waals surface area contributed by atoms with Crippen molar-refractivity contribution in [1.29, 1.82) is 0 Å². The maximum Gasteiger partial charge on any atom is 0.199 e. The van der Waals surface area contributed by atoms with Gasteiger partial charge in [-0.15, -0.1) is 0 Å². The molecule has 0 fully saturated rings. The van der Waals surface area contributed by atoms with Gasteiger partial charge in [-0.3, -0.25) is 4.79 Å². The van der Waals surface area contributed by atoms with Crippen LogP contribution in [0.15, 0.2) is 0 Å². The Morgan fingerprint density at radius 3 is 2.86 bits per heavy atom. The van der Waals surface area contributed by atoms with Crippen LogP contribution < -0.4 is 0 Å². The van der Waals surface area contributed by atoms with Crippen LogP contribution in [0, 0.1) is 0 Å². The van der Waals surface area contributed by atoms with Gasteiger partial charge in [0.15, 0.2) is 6.29 Å². The van der Waals surface area contributed by atoms with Crippen molar-refractivity contribution in [1.82, 2.24) is 0 Å². The minimum Gasteiger partial charge on any atom is -0.291 e. The summed E-state index contributed by atoms with van der Waals surface area (Å²) in [6.45, 7) is 0. The van der Waals surface area contributed by atoms with Crippen molar-refractivity contribution in [3.8, 4) is 0 Å². The van der Waals surface area contributed by atoms with Gasteiger partial charge < -0.3 is 0 Å². The molecule has 3 heteroatoms. The van der Waals surface area contributed by atoms with E-state index in [2.05, 4.69) is 0 Å². The van der Waals surface area contributed by atoms with Crippen molar-refractivity contribution in [3.63, 3.8) is 0 Å². The molecule has 0 aromatic carbocycles. The van der Waals surface area contributed by atoms with E-state index in [1.165, 1.54) is 0 Å². The van der Waals surface area contributed by atoms with Crippen LogP contribution in [0.5, 0.6) is 0 Å². The summed E-state index contributed by atoms with van der Waals surface area (Å²) in [6.07, 6.45) is 4.37. The summed E-state index contributed by atoms with van der Waals surface area (Å²) >= 11 is 0. The molecule has 0 saturated carbocycles. The molecular weight excluding hydrogens is 128 g/mol. The minimum absolute atomic E-state index is 0.561. The standard InChI is InChI=1S/C4H7OS2/c1-6-7-4-2-3-5/h2,4H2,1H3. The Labute approximate surface area is 51.6 Å². The summed E-state index contributed by atoms with van der Waals surface area (Å²) in [5, 5.41) is 0. The molecule has 0 bridgehead atoms. The first-order valence-corrected chi connectivity index (χ1v) is 4.65. The Morgan fingerprint density at radius 2 is 2.43 bits per heavy atom. The smallest absolute Gasteiger partial charge is 0.199 e. The van der Waals surface area contributed by atoms with Crippen LogP contribution >= 0.6 is 21.6 Å². The van der Waals surface area contributed by atoms with Gasteiger partial charge in [0.2, 0.25) is 0 Å². The number of hydrogen-bond acceptors (Lipinski definition) is 3. The van der Waals surface area contributed by atoms with Gasteiger partial charge in [-0.25, -0.2) is 0 Å². The maximum absolute atomic E-state index is 9.53. The van der Waals surface area contributed by atoms with E-state index in [-0.39, 0.29) is 0 Å². The molecule has 0 unspecified atom stereocenters. The number of hydrogen-bond donors (Lipinski definition) is 0. The zero-order valence-electron chi connectivity index (χ0n) is 4.14. The zero-order chi connectivity index (χ0) is 5.54. The van der Waals surface area contributed by atoms with E-state index < -0.39 is 0 Å². The van der Waals surface area contributed by atoms with Crippen LogP contribution in [0.25, 0.3) is 0 Å². The first kappa shape index (κ1) is 7.37. The highest BCUT2D eigenvalue weighted by molar-refractivity contribution is 8.76. The van der Waals surface area contributed by atoms with Gasteiger partial charge >= 0.3 is 0 Å². The molecule has 0 aromatic heterocycles. The largest absolute Gasteiger partial charge is 0.291 e. The molecule has 0 aromatic rings. The molecule has 0 rings (SSSR count). The highest BCUT2D eigenvalue weighted by Crippen LogP contribution is 2.16. The molecule has 1 nitrogen and oxygen atoms in total. The van der Waals surface area contributed by atoms with E-state index in [0.29, 0.717) is 6.42 Å². The highest BCUT2D eigenvalue weighted by atomic mass is 33.1. The van der Waals surface area contributed by atoms with Crippen molar-refractivity contribution in [2.24, 2.45) is 0 Å². The van der Waals surface area contributed by atoms with Crippen LogP contribution in [0.4, 0.5) is 0 Å². The second-order valence-corrected chi connectivity index (χ2v) is 3.57. The summed E-state index contributed by atoms with van der Waals surface area (Å²) in [5.74, 6) is 0.894. The Hall–Kier alpha value is 0.370. The fourth-order valence-electron chi connectivity index (χ4n) is 0.167. The van der Waals surface area contributed by atoms with E-state index in [1.54, 1.807) is 21.6 Å². The fourth-order valence-corrected chi connectivity index (χ4v) is 1.25. The van der Waals surface area contributed by atoms with Gasteiger partial charge in [0.05, 0.1) is 0 Å². The van der Waals surface area contributed by atoms with Crippen LogP contribution in [-0.4, -0.2) is 18.3 Å². The summed E-state index contributed by atoms with van der Waals surface area (Å²) in [7, 11) is 3.37. The molecule has 0 spiro atoms. The summed E-state index contributed by atoms with van der Waals surface area (Å²) in [4.78, 5) is 9.53. The number of carbonyl (C=O) groups excluding carboxylic acids is 1. The van der Waals surface area contributed by atoms with Gasteiger partial charge in [-0.05, 0) is 6.26 Å².